The molecule has 0 aliphatic carbocycles. The minimum Gasteiger partial charge on any atom is -0.496 e. The number of furan rings is 1. The Morgan fingerprint density at radius 1 is 1.11 bits per heavy atom. The van der Waals surface area contributed by atoms with Gasteiger partial charge in [0.05, 0.1) is 40.2 Å². The van der Waals surface area contributed by atoms with Crippen molar-refractivity contribution in [3.8, 4) is 23.1 Å². The Hall–Kier alpha value is -3.62. The Morgan fingerprint density at radius 2 is 1.92 bits per heavy atom. The van der Waals surface area contributed by atoms with E-state index in [9.17, 15) is 4.79 Å². The number of para-hydroxylation sites is 1. The van der Waals surface area contributed by atoms with Gasteiger partial charge in [-0.25, -0.2) is 4.98 Å². The van der Waals surface area contributed by atoms with Gasteiger partial charge in [-0.2, -0.15) is 9.78 Å². The van der Waals surface area contributed by atoms with Crippen LogP contribution in [0.15, 0.2) is 79.4 Å². The van der Waals surface area contributed by atoms with Gasteiger partial charge in [-0.1, -0.05) is 29.8 Å². The van der Waals surface area contributed by atoms with E-state index in [4.69, 9.17) is 30.5 Å². The lowest BCUT2D eigenvalue weighted by Gasteiger charge is -2.14. The van der Waals surface area contributed by atoms with Crippen LogP contribution in [0.1, 0.15) is 19.4 Å². The average molecular weight is 567 g/mol. The first-order valence-electron chi connectivity index (χ1n) is 11.1. The predicted molar refractivity (Wildman–Crippen MR) is 146 cm³/mol. The molecule has 0 bridgehead atoms. The van der Waals surface area contributed by atoms with Crippen molar-refractivity contribution in [3.63, 3.8) is 0 Å². The number of hydrogen-bond donors (Lipinski definition) is 0. The normalized spacial score (nSPS) is 11.7. The molecule has 0 N–H and O–H groups in total. The Morgan fingerprint density at radius 3 is 2.69 bits per heavy atom. The van der Waals surface area contributed by atoms with E-state index in [1.54, 1.807) is 43.5 Å². The lowest BCUT2D eigenvalue weighted by Crippen LogP contribution is -2.20. The summed E-state index contributed by atoms with van der Waals surface area (Å²) in [4.78, 5) is 18.3. The topological polar surface area (TPSA) is 78.9 Å². The SMILES string of the molecule is COc1cccc2oc(-c3nc4ccccc4c(=O)n3N=Cc3cc(Cl)cc(Br)c3OC(C)C)cc12. The largest absolute Gasteiger partial charge is 0.496 e. The number of fused-ring (bicyclic) bond motifs is 2. The molecule has 7 nitrogen and oxygen atoms in total. The highest BCUT2D eigenvalue weighted by atomic mass is 79.9. The van der Waals surface area contributed by atoms with Crippen LogP contribution in [0.5, 0.6) is 11.5 Å². The average Bonchev–Trinajstić information content (AvgIpc) is 3.29. The summed E-state index contributed by atoms with van der Waals surface area (Å²) in [5.41, 5.74) is 1.39. The summed E-state index contributed by atoms with van der Waals surface area (Å²) >= 11 is 9.80. The highest BCUT2D eigenvalue weighted by Gasteiger charge is 2.18. The zero-order valence-corrected chi connectivity index (χ0v) is 22.0. The highest BCUT2D eigenvalue weighted by Crippen LogP contribution is 2.34. The van der Waals surface area contributed by atoms with Crippen LogP contribution in [-0.2, 0) is 0 Å². The molecule has 0 atom stereocenters. The zero-order valence-electron chi connectivity index (χ0n) is 19.7. The second-order valence-electron chi connectivity index (χ2n) is 8.27. The molecule has 9 heteroatoms. The van der Waals surface area contributed by atoms with Crippen molar-refractivity contribution in [1.82, 2.24) is 9.66 Å². The molecule has 2 aromatic heterocycles. The number of ether oxygens (including phenoxy) is 2. The molecule has 0 amide bonds. The van der Waals surface area contributed by atoms with Crippen LogP contribution in [0.3, 0.4) is 0 Å². The molecule has 5 rings (SSSR count). The van der Waals surface area contributed by atoms with E-state index in [-0.39, 0.29) is 17.5 Å². The first-order valence-corrected chi connectivity index (χ1v) is 12.3. The maximum atomic E-state index is 13.6. The summed E-state index contributed by atoms with van der Waals surface area (Å²) < 4.78 is 19.4. The van der Waals surface area contributed by atoms with Gasteiger partial charge in [0.15, 0.2) is 5.76 Å². The van der Waals surface area contributed by atoms with Crippen LogP contribution in [0, 0.1) is 0 Å². The zero-order chi connectivity index (χ0) is 25.4. The Labute approximate surface area is 220 Å². The fourth-order valence-corrected chi connectivity index (χ4v) is 4.80. The molecule has 0 radical (unpaired) electrons. The minimum absolute atomic E-state index is 0.0826. The van der Waals surface area contributed by atoms with Gasteiger partial charge in [-0.15, -0.1) is 0 Å². The number of methoxy groups -OCH3 is 1. The molecule has 2 heterocycles. The maximum absolute atomic E-state index is 13.6. The number of nitrogens with zero attached hydrogens (tertiary/aromatic N) is 3. The third-order valence-corrected chi connectivity index (χ3v) is 6.23. The smallest absolute Gasteiger partial charge is 0.282 e. The van der Waals surface area contributed by atoms with Gasteiger partial charge in [0.2, 0.25) is 5.82 Å². The van der Waals surface area contributed by atoms with E-state index in [0.29, 0.717) is 48.8 Å². The van der Waals surface area contributed by atoms with Gasteiger partial charge in [0.25, 0.3) is 5.56 Å². The van der Waals surface area contributed by atoms with Gasteiger partial charge in [-0.05, 0) is 72.2 Å². The van der Waals surface area contributed by atoms with Gasteiger partial charge < -0.3 is 13.9 Å². The molecule has 3 aromatic carbocycles. The molecule has 182 valence electrons. The van der Waals surface area contributed by atoms with Crippen LogP contribution in [0.2, 0.25) is 5.02 Å². The molecule has 0 aliphatic rings. The Balaban J connectivity index is 1.73. The van der Waals surface area contributed by atoms with Crippen LogP contribution < -0.4 is 15.0 Å². The van der Waals surface area contributed by atoms with Crippen LogP contribution in [-0.4, -0.2) is 29.1 Å². The van der Waals surface area contributed by atoms with Crippen molar-refractivity contribution >= 4 is 55.6 Å². The summed E-state index contributed by atoms with van der Waals surface area (Å²) in [6.07, 6.45) is 1.44. The highest BCUT2D eigenvalue weighted by molar-refractivity contribution is 9.10. The van der Waals surface area contributed by atoms with Gasteiger partial charge in [0.1, 0.15) is 17.1 Å². The monoisotopic (exact) mass is 565 g/mol. The Kier molecular flexibility index (Phi) is 6.55. The van der Waals surface area contributed by atoms with Crippen molar-refractivity contribution in [2.75, 3.05) is 7.11 Å². The van der Waals surface area contributed by atoms with E-state index in [0.717, 1.165) is 5.39 Å². The molecular weight excluding hydrogens is 546 g/mol. The standard InChI is InChI=1S/C27H21BrClN3O4/c1-15(2)35-25-16(11-17(29)12-20(25)28)14-30-32-26(31-21-8-5-4-7-18(21)27(32)33)24-13-19-22(34-3)9-6-10-23(19)36-24/h4-15H,1-3H3. The summed E-state index contributed by atoms with van der Waals surface area (Å²) in [7, 11) is 1.59. The lowest BCUT2D eigenvalue weighted by molar-refractivity contribution is 0.240. The predicted octanol–water partition coefficient (Wildman–Crippen LogP) is 6.90. The van der Waals surface area contributed by atoms with Crippen molar-refractivity contribution < 1.29 is 13.9 Å². The van der Waals surface area contributed by atoms with Crippen molar-refractivity contribution in [2.45, 2.75) is 20.0 Å². The number of rotatable bonds is 6. The fourth-order valence-electron chi connectivity index (χ4n) is 3.87. The fraction of sp³-hybridized carbons (Fsp3) is 0.148. The third-order valence-electron chi connectivity index (χ3n) is 5.42. The van der Waals surface area contributed by atoms with Crippen LogP contribution in [0.4, 0.5) is 0 Å². The maximum Gasteiger partial charge on any atom is 0.282 e. The molecule has 5 aromatic rings. The van der Waals surface area contributed by atoms with E-state index in [1.165, 1.54) is 10.9 Å². The number of benzene rings is 3. The number of halogens is 2. The molecular formula is C27H21BrClN3O4. The number of aromatic nitrogens is 2. The summed E-state index contributed by atoms with van der Waals surface area (Å²) in [5.74, 6) is 1.84. The molecule has 0 saturated carbocycles. The Bertz CT molecular complexity index is 1690. The minimum atomic E-state index is -0.341. The molecule has 0 aliphatic heterocycles. The molecule has 0 unspecified atom stereocenters. The number of hydrogen-bond acceptors (Lipinski definition) is 6. The lowest BCUT2D eigenvalue weighted by atomic mass is 10.2. The third kappa shape index (κ3) is 4.50. The quantitative estimate of drug-likeness (QED) is 0.209. The second-order valence-corrected chi connectivity index (χ2v) is 9.56. The molecule has 0 fully saturated rings. The van der Waals surface area contributed by atoms with Crippen molar-refractivity contribution in [3.05, 3.63) is 86.1 Å². The summed E-state index contributed by atoms with van der Waals surface area (Å²) in [5, 5.41) is 6.22. The van der Waals surface area contributed by atoms with Crippen molar-refractivity contribution in [2.24, 2.45) is 5.10 Å². The van der Waals surface area contributed by atoms with Crippen LogP contribution in [0.25, 0.3) is 33.5 Å². The van der Waals surface area contributed by atoms with Gasteiger partial charge in [0, 0.05) is 10.6 Å². The van der Waals surface area contributed by atoms with Gasteiger partial charge in [-0.3, -0.25) is 4.79 Å². The molecule has 0 saturated heterocycles. The van der Waals surface area contributed by atoms with E-state index in [2.05, 4.69) is 21.0 Å². The molecule has 36 heavy (non-hydrogen) atoms. The van der Waals surface area contributed by atoms with Gasteiger partial charge >= 0.3 is 0 Å². The van der Waals surface area contributed by atoms with Crippen molar-refractivity contribution in [1.29, 1.82) is 0 Å². The summed E-state index contributed by atoms with van der Waals surface area (Å²) in [6.45, 7) is 3.85. The second kappa shape index (κ2) is 9.79. The summed E-state index contributed by atoms with van der Waals surface area (Å²) in [6, 6.07) is 17.9. The first-order chi connectivity index (χ1) is 17.4. The van der Waals surface area contributed by atoms with E-state index >= 15 is 0 Å². The first kappa shape index (κ1) is 24.1. The molecule has 0 spiro atoms. The van der Waals surface area contributed by atoms with E-state index < -0.39 is 0 Å². The van der Waals surface area contributed by atoms with E-state index in [1.807, 2.05) is 38.1 Å². The van der Waals surface area contributed by atoms with Crippen LogP contribution >= 0.6 is 27.5 Å².